The van der Waals surface area contributed by atoms with E-state index in [4.69, 9.17) is 0 Å². The van der Waals surface area contributed by atoms with Crippen molar-refractivity contribution in [3.05, 3.63) is 34.2 Å². The van der Waals surface area contributed by atoms with Crippen LogP contribution in [0.2, 0.25) is 0 Å². The molecule has 0 saturated carbocycles. The Bertz CT molecular complexity index is 362. The molecule has 0 amide bonds. The predicted octanol–water partition coefficient (Wildman–Crippen LogP) is 0.700. The Balaban J connectivity index is 1.97. The molecule has 0 N–H and O–H groups in total. The minimum atomic E-state index is -0.225. The lowest BCUT2D eigenvalue weighted by Crippen LogP contribution is -2.51. The molecule has 86 valence electrons. The molecule has 2 aliphatic rings. The van der Waals surface area contributed by atoms with Crippen LogP contribution in [0.5, 0.6) is 0 Å². The third-order valence-corrected chi connectivity index (χ3v) is 3.01. The number of hydrogen-bond donors (Lipinski definition) is 0. The molecule has 2 atom stereocenters. The van der Waals surface area contributed by atoms with Crippen molar-refractivity contribution in [1.29, 1.82) is 0 Å². The summed E-state index contributed by atoms with van der Waals surface area (Å²) >= 11 is 0. The third-order valence-electron chi connectivity index (χ3n) is 3.01. The van der Waals surface area contributed by atoms with Gasteiger partial charge < -0.3 is 4.90 Å². The standard InChI is InChI=1S/C11H17N3O2/c1-10-7-13(15)9-11(14(10)16)8-12-5-3-2-4-6-12/h2-5,10-11H,6-9H2,1H3/q+2. The van der Waals surface area contributed by atoms with Crippen LogP contribution in [0.3, 0.4) is 0 Å². The second kappa shape index (κ2) is 4.55. The number of hydrogen-bond acceptors (Lipinski definition) is 3. The van der Waals surface area contributed by atoms with E-state index in [2.05, 4.69) is 4.90 Å². The van der Waals surface area contributed by atoms with Gasteiger partial charge in [-0.25, -0.2) is 0 Å². The lowest BCUT2D eigenvalue weighted by molar-refractivity contribution is -0.731. The summed E-state index contributed by atoms with van der Waals surface area (Å²) in [7, 11) is 0. The van der Waals surface area contributed by atoms with Crippen molar-refractivity contribution in [1.82, 2.24) is 4.90 Å². The Morgan fingerprint density at radius 2 is 2.12 bits per heavy atom. The predicted molar refractivity (Wildman–Crippen MR) is 60.1 cm³/mol. The second-order valence-electron chi connectivity index (χ2n) is 4.43. The van der Waals surface area contributed by atoms with Gasteiger partial charge in [-0.15, -0.1) is 0 Å². The van der Waals surface area contributed by atoms with Crippen LogP contribution in [0.4, 0.5) is 0 Å². The van der Waals surface area contributed by atoms with Gasteiger partial charge in [0.15, 0.2) is 0 Å². The van der Waals surface area contributed by atoms with Crippen LogP contribution in [-0.4, -0.2) is 52.7 Å². The second-order valence-corrected chi connectivity index (χ2v) is 4.43. The normalized spacial score (nSPS) is 29.9. The first-order valence-corrected chi connectivity index (χ1v) is 5.61. The Hall–Kier alpha value is -1.52. The Kier molecular flexibility index (Phi) is 3.12. The third kappa shape index (κ3) is 2.35. The lowest BCUT2D eigenvalue weighted by atomic mass is 10.1. The first kappa shape index (κ1) is 11.0. The summed E-state index contributed by atoms with van der Waals surface area (Å²) in [5.74, 6) is 0. The summed E-state index contributed by atoms with van der Waals surface area (Å²) in [5, 5.41) is 0. The summed E-state index contributed by atoms with van der Waals surface area (Å²) in [6.45, 7) is 3.86. The zero-order valence-electron chi connectivity index (χ0n) is 9.45. The van der Waals surface area contributed by atoms with Crippen molar-refractivity contribution >= 4 is 0 Å². The first-order valence-electron chi connectivity index (χ1n) is 5.61. The highest BCUT2D eigenvalue weighted by Crippen LogP contribution is 2.09. The van der Waals surface area contributed by atoms with Gasteiger partial charge >= 0.3 is 0 Å². The molecule has 2 aliphatic heterocycles. The Labute approximate surface area is 94.6 Å². The highest BCUT2D eigenvalue weighted by Gasteiger charge is 2.45. The highest BCUT2D eigenvalue weighted by atomic mass is 16.3. The van der Waals surface area contributed by atoms with Crippen LogP contribution in [0.1, 0.15) is 6.92 Å². The molecule has 0 aromatic rings. The van der Waals surface area contributed by atoms with Gasteiger partial charge in [-0.05, 0) is 12.3 Å². The van der Waals surface area contributed by atoms with Gasteiger partial charge in [-0.3, -0.25) is 0 Å². The van der Waals surface area contributed by atoms with Gasteiger partial charge in [0, 0.05) is 32.8 Å². The van der Waals surface area contributed by atoms with E-state index in [1.807, 2.05) is 24.4 Å². The maximum absolute atomic E-state index is 11.8. The number of rotatable bonds is 2. The van der Waals surface area contributed by atoms with E-state index in [0.29, 0.717) is 19.6 Å². The fourth-order valence-electron chi connectivity index (χ4n) is 2.18. The van der Waals surface area contributed by atoms with E-state index < -0.39 is 0 Å². The average Bonchev–Trinajstić information content (AvgIpc) is 2.27. The highest BCUT2D eigenvalue weighted by molar-refractivity contribution is 5.08. The molecule has 0 radical (unpaired) electrons. The van der Waals surface area contributed by atoms with Crippen molar-refractivity contribution < 1.29 is 9.52 Å². The van der Waals surface area contributed by atoms with Crippen LogP contribution in [0.15, 0.2) is 24.4 Å². The number of piperazine rings is 1. The maximum Gasteiger partial charge on any atom is 0.280 e. The zero-order valence-corrected chi connectivity index (χ0v) is 9.45. The fraction of sp³-hybridized carbons (Fsp3) is 0.636. The van der Waals surface area contributed by atoms with Crippen molar-refractivity contribution in [2.75, 3.05) is 26.2 Å². The van der Waals surface area contributed by atoms with Crippen LogP contribution < -0.4 is 0 Å². The quantitative estimate of drug-likeness (QED) is 0.647. The summed E-state index contributed by atoms with van der Waals surface area (Å²) in [6, 6.07) is -0.432. The van der Waals surface area contributed by atoms with Crippen molar-refractivity contribution in [2.24, 2.45) is 0 Å². The topological polar surface area (TPSA) is 43.4 Å². The van der Waals surface area contributed by atoms with E-state index in [9.17, 15) is 9.81 Å². The van der Waals surface area contributed by atoms with Crippen molar-refractivity contribution in [3.8, 4) is 0 Å². The summed E-state index contributed by atoms with van der Waals surface area (Å²) < 4.78 is 2.06. The molecule has 0 bridgehead atoms. The molecular formula is C11H17N3O2+2. The smallest absolute Gasteiger partial charge is 0.280 e. The Morgan fingerprint density at radius 1 is 1.31 bits per heavy atom. The van der Waals surface area contributed by atoms with Crippen LogP contribution in [0.25, 0.3) is 0 Å². The molecule has 0 spiro atoms. The van der Waals surface area contributed by atoms with E-state index in [1.54, 1.807) is 6.92 Å². The molecule has 0 aromatic heterocycles. The van der Waals surface area contributed by atoms with Gasteiger partial charge in [0.25, 0.3) is 25.2 Å². The van der Waals surface area contributed by atoms with Crippen LogP contribution >= 0.6 is 0 Å². The largest absolute Gasteiger partial charge is 0.367 e. The molecule has 1 saturated heterocycles. The fourth-order valence-corrected chi connectivity index (χ4v) is 2.18. The summed E-state index contributed by atoms with van der Waals surface area (Å²) in [4.78, 5) is 25.3. The zero-order chi connectivity index (χ0) is 11.5. The van der Waals surface area contributed by atoms with Gasteiger partial charge in [0.05, 0.1) is 6.54 Å². The number of nitroso groups, excluding NO2 is 2. The summed E-state index contributed by atoms with van der Waals surface area (Å²) in [6.07, 6.45) is 7.92. The van der Waals surface area contributed by atoms with Crippen LogP contribution in [-0.2, 0) is 0 Å². The molecule has 1 fully saturated rings. The van der Waals surface area contributed by atoms with Crippen LogP contribution in [0, 0.1) is 9.81 Å². The minimum absolute atomic E-state index is 0.208. The molecule has 16 heavy (non-hydrogen) atoms. The SMILES string of the molecule is CC1C[N+](=O)CC(CN2C=CC=CC2)[N+]1=O. The molecule has 5 heteroatoms. The van der Waals surface area contributed by atoms with E-state index >= 15 is 0 Å². The van der Waals surface area contributed by atoms with Crippen molar-refractivity contribution in [3.63, 3.8) is 0 Å². The monoisotopic (exact) mass is 223 g/mol. The minimum Gasteiger partial charge on any atom is -0.367 e. The van der Waals surface area contributed by atoms with E-state index in [0.717, 1.165) is 16.1 Å². The van der Waals surface area contributed by atoms with Gasteiger partial charge in [0.2, 0.25) is 0 Å². The van der Waals surface area contributed by atoms with Gasteiger partial charge in [-0.1, -0.05) is 12.2 Å². The molecule has 5 nitrogen and oxygen atoms in total. The molecule has 2 unspecified atom stereocenters. The van der Waals surface area contributed by atoms with Crippen molar-refractivity contribution in [2.45, 2.75) is 19.0 Å². The molecule has 0 aromatic carbocycles. The molecular weight excluding hydrogens is 206 g/mol. The molecule has 0 aliphatic carbocycles. The number of nitrogens with zero attached hydrogens (tertiary/aromatic N) is 3. The lowest BCUT2D eigenvalue weighted by Gasteiger charge is -2.23. The van der Waals surface area contributed by atoms with E-state index in [-0.39, 0.29) is 12.1 Å². The molecule has 2 heterocycles. The van der Waals surface area contributed by atoms with Gasteiger partial charge in [-0.2, -0.15) is 0 Å². The first-order chi connectivity index (χ1) is 7.66. The van der Waals surface area contributed by atoms with E-state index in [1.165, 1.54) is 0 Å². The average molecular weight is 223 g/mol. The summed E-state index contributed by atoms with van der Waals surface area (Å²) in [5.41, 5.74) is 0. The Morgan fingerprint density at radius 3 is 2.81 bits per heavy atom. The maximum atomic E-state index is 11.8. The molecule has 2 rings (SSSR count). The number of allylic oxidation sites excluding steroid dienone is 2. The van der Waals surface area contributed by atoms with Gasteiger partial charge in [0.1, 0.15) is 0 Å².